The minimum Gasteiger partial charge on any atom is -0.462 e. The van der Waals surface area contributed by atoms with Crippen molar-refractivity contribution in [2.24, 2.45) is 0 Å². The summed E-state index contributed by atoms with van der Waals surface area (Å²) in [6, 6.07) is 23.1. The van der Waals surface area contributed by atoms with E-state index in [0.717, 1.165) is 17.7 Å². The molecule has 0 heterocycles. The van der Waals surface area contributed by atoms with Crippen LogP contribution < -0.4 is 16.0 Å². The van der Waals surface area contributed by atoms with Gasteiger partial charge in [0.15, 0.2) is 0 Å². The van der Waals surface area contributed by atoms with Crippen molar-refractivity contribution in [2.45, 2.75) is 19.9 Å². The van der Waals surface area contributed by atoms with Gasteiger partial charge in [0.1, 0.15) is 0 Å². The van der Waals surface area contributed by atoms with Crippen LogP contribution in [0.5, 0.6) is 0 Å². The Balaban J connectivity index is 1.43. The van der Waals surface area contributed by atoms with Gasteiger partial charge in [-0.2, -0.15) is 0 Å². The maximum absolute atomic E-state index is 12.3. The Labute approximate surface area is 193 Å². The Bertz CT molecular complexity index is 1060. The van der Waals surface area contributed by atoms with Gasteiger partial charge in [0.25, 0.3) is 5.91 Å². The van der Waals surface area contributed by atoms with E-state index in [1.54, 1.807) is 48.5 Å². The molecule has 0 saturated carbocycles. The van der Waals surface area contributed by atoms with Crippen molar-refractivity contribution in [3.8, 4) is 0 Å². The molecule has 0 aliphatic rings. The summed E-state index contributed by atoms with van der Waals surface area (Å²) in [4.78, 5) is 36.3. The first-order valence-electron chi connectivity index (χ1n) is 10.8. The lowest BCUT2D eigenvalue weighted by Crippen LogP contribution is -2.23. The molecular formula is C26H27N3O4. The van der Waals surface area contributed by atoms with Gasteiger partial charge in [-0.25, -0.2) is 4.79 Å². The van der Waals surface area contributed by atoms with Crippen molar-refractivity contribution in [3.05, 3.63) is 95.6 Å². The maximum atomic E-state index is 12.3. The Morgan fingerprint density at radius 2 is 1.42 bits per heavy atom. The van der Waals surface area contributed by atoms with E-state index in [0.29, 0.717) is 30.0 Å². The summed E-state index contributed by atoms with van der Waals surface area (Å²) >= 11 is 0. The average Bonchev–Trinajstić information content (AvgIpc) is 2.86. The molecule has 0 bridgehead atoms. The van der Waals surface area contributed by atoms with Crippen LogP contribution in [0.3, 0.4) is 0 Å². The highest BCUT2D eigenvalue weighted by molar-refractivity contribution is 5.96. The van der Waals surface area contributed by atoms with Crippen molar-refractivity contribution < 1.29 is 19.1 Å². The average molecular weight is 446 g/mol. The molecule has 3 N–H and O–H groups in total. The topological polar surface area (TPSA) is 96.5 Å². The molecule has 170 valence electrons. The van der Waals surface area contributed by atoms with Crippen LogP contribution in [0.1, 0.15) is 39.6 Å². The van der Waals surface area contributed by atoms with Gasteiger partial charge in [0.2, 0.25) is 5.91 Å². The Morgan fingerprint density at radius 1 is 0.788 bits per heavy atom. The second kappa shape index (κ2) is 12.0. The Morgan fingerprint density at radius 3 is 2.09 bits per heavy atom. The predicted octanol–water partition coefficient (Wildman–Crippen LogP) is 4.23. The van der Waals surface area contributed by atoms with E-state index in [2.05, 4.69) is 16.0 Å². The van der Waals surface area contributed by atoms with Crippen molar-refractivity contribution in [1.29, 1.82) is 0 Å². The van der Waals surface area contributed by atoms with E-state index in [1.165, 1.54) is 0 Å². The van der Waals surface area contributed by atoms with Crippen molar-refractivity contribution in [3.63, 3.8) is 0 Å². The number of amides is 2. The van der Waals surface area contributed by atoms with Crippen LogP contribution >= 0.6 is 0 Å². The van der Waals surface area contributed by atoms with Crippen LogP contribution in [0, 0.1) is 0 Å². The van der Waals surface area contributed by atoms with Gasteiger partial charge in [0, 0.05) is 23.5 Å². The van der Waals surface area contributed by atoms with Crippen LogP contribution in [0.25, 0.3) is 0 Å². The van der Waals surface area contributed by atoms with Gasteiger partial charge >= 0.3 is 5.97 Å². The van der Waals surface area contributed by atoms with Crippen LogP contribution in [-0.2, 0) is 16.1 Å². The molecule has 33 heavy (non-hydrogen) atoms. The lowest BCUT2D eigenvalue weighted by molar-refractivity contribution is -0.114. The first kappa shape index (κ1) is 23.5. The number of ether oxygens (including phenoxy) is 1. The molecule has 3 aromatic rings. The highest BCUT2D eigenvalue weighted by atomic mass is 16.5. The molecule has 0 atom stereocenters. The second-order valence-corrected chi connectivity index (χ2v) is 7.36. The van der Waals surface area contributed by atoms with Gasteiger partial charge < -0.3 is 20.7 Å². The molecule has 3 rings (SSSR count). The molecule has 0 aliphatic carbocycles. The zero-order valence-electron chi connectivity index (χ0n) is 18.5. The number of hydrogen-bond acceptors (Lipinski definition) is 5. The van der Waals surface area contributed by atoms with Gasteiger partial charge in [-0.05, 0) is 60.5 Å². The molecule has 0 spiro atoms. The number of esters is 1. The van der Waals surface area contributed by atoms with Gasteiger partial charge in [0.05, 0.1) is 18.7 Å². The highest BCUT2D eigenvalue weighted by Gasteiger charge is 2.09. The third-order valence-corrected chi connectivity index (χ3v) is 4.74. The lowest BCUT2D eigenvalue weighted by Gasteiger charge is -2.10. The van der Waals surface area contributed by atoms with Gasteiger partial charge in [-0.1, -0.05) is 37.3 Å². The van der Waals surface area contributed by atoms with E-state index in [1.807, 2.05) is 37.3 Å². The molecule has 3 aromatic carbocycles. The third kappa shape index (κ3) is 7.50. The molecule has 0 aromatic heterocycles. The molecule has 0 radical (unpaired) electrons. The smallest absolute Gasteiger partial charge is 0.338 e. The molecule has 2 amide bonds. The first-order valence-corrected chi connectivity index (χ1v) is 10.8. The molecule has 0 saturated heterocycles. The molecule has 7 nitrogen and oxygen atoms in total. The lowest BCUT2D eigenvalue weighted by atomic mass is 10.1. The largest absolute Gasteiger partial charge is 0.462 e. The number of carbonyl (C=O) groups is 3. The molecule has 0 unspecified atom stereocenters. The summed E-state index contributed by atoms with van der Waals surface area (Å²) in [6.07, 6.45) is 0.761. The van der Waals surface area contributed by atoms with Gasteiger partial charge in [-0.3, -0.25) is 9.59 Å². The number of nitrogens with one attached hydrogen (secondary N) is 3. The monoisotopic (exact) mass is 445 g/mol. The summed E-state index contributed by atoms with van der Waals surface area (Å²) in [5.74, 6) is -0.778. The van der Waals surface area contributed by atoms with Crippen LogP contribution in [-0.4, -0.2) is 30.9 Å². The fourth-order valence-electron chi connectivity index (χ4n) is 2.97. The SMILES string of the molecule is CCCOC(=O)c1ccc(NC(=O)CNc2ccc(C(=O)NCc3ccccc3)cc2)cc1. The number of hydrogen-bond donors (Lipinski definition) is 3. The van der Waals surface area contributed by atoms with Crippen molar-refractivity contribution in [1.82, 2.24) is 5.32 Å². The maximum Gasteiger partial charge on any atom is 0.338 e. The van der Waals surface area contributed by atoms with E-state index in [4.69, 9.17) is 4.74 Å². The van der Waals surface area contributed by atoms with Crippen molar-refractivity contribution >= 4 is 29.2 Å². The summed E-state index contributed by atoms with van der Waals surface area (Å²) in [6.45, 7) is 2.82. The first-order chi connectivity index (χ1) is 16.0. The van der Waals surface area contributed by atoms with Crippen LogP contribution in [0.15, 0.2) is 78.9 Å². The van der Waals surface area contributed by atoms with E-state index in [-0.39, 0.29) is 24.3 Å². The minimum absolute atomic E-state index is 0.0554. The fourth-order valence-corrected chi connectivity index (χ4v) is 2.97. The number of rotatable bonds is 10. The zero-order valence-corrected chi connectivity index (χ0v) is 18.5. The summed E-state index contributed by atoms with van der Waals surface area (Å²) < 4.78 is 5.08. The summed E-state index contributed by atoms with van der Waals surface area (Å²) in [7, 11) is 0. The zero-order chi connectivity index (χ0) is 23.5. The molecular weight excluding hydrogens is 418 g/mol. The van der Waals surface area contributed by atoms with E-state index in [9.17, 15) is 14.4 Å². The van der Waals surface area contributed by atoms with E-state index >= 15 is 0 Å². The summed E-state index contributed by atoms with van der Waals surface area (Å²) in [5, 5.41) is 8.67. The predicted molar refractivity (Wildman–Crippen MR) is 128 cm³/mol. The fraction of sp³-hybridized carbons (Fsp3) is 0.192. The summed E-state index contributed by atoms with van der Waals surface area (Å²) in [5.41, 5.74) is 3.31. The second-order valence-electron chi connectivity index (χ2n) is 7.36. The number of benzene rings is 3. The van der Waals surface area contributed by atoms with E-state index < -0.39 is 0 Å². The quantitative estimate of drug-likeness (QED) is 0.406. The standard InChI is InChI=1S/C26H27N3O4/c1-2-16-33-26(32)21-10-14-23(15-11-21)29-24(30)18-27-22-12-8-20(9-13-22)25(31)28-17-19-6-4-3-5-7-19/h3-15,27H,2,16-18H2,1H3,(H,28,31)(H,29,30). The Kier molecular flexibility index (Phi) is 8.59. The number of carbonyl (C=O) groups excluding carboxylic acids is 3. The van der Waals surface area contributed by atoms with Crippen molar-refractivity contribution in [2.75, 3.05) is 23.8 Å². The van der Waals surface area contributed by atoms with Gasteiger partial charge in [-0.15, -0.1) is 0 Å². The minimum atomic E-state index is -0.381. The van der Waals surface area contributed by atoms with Crippen LogP contribution in [0.4, 0.5) is 11.4 Å². The number of anilines is 2. The molecule has 0 aliphatic heterocycles. The van der Waals surface area contributed by atoms with Crippen LogP contribution in [0.2, 0.25) is 0 Å². The highest BCUT2D eigenvalue weighted by Crippen LogP contribution is 2.12. The molecule has 7 heteroatoms. The normalized spacial score (nSPS) is 10.2. The Hall–Kier alpha value is -4.13. The molecule has 0 fully saturated rings. The third-order valence-electron chi connectivity index (χ3n) is 4.74.